The summed E-state index contributed by atoms with van der Waals surface area (Å²) in [6.07, 6.45) is 4.14. The van der Waals surface area contributed by atoms with Crippen LogP contribution in [-0.2, 0) is 14.6 Å². The molecule has 170 valence electrons. The van der Waals surface area contributed by atoms with Crippen molar-refractivity contribution in [1.82, 2.24) is 19.3 Å². The summed E-state index contributed by atoms with van der Waals surface area (Å²) < 4.78 is 27.4. The van der Waals surface area contributed by atoms with Gasteiger partial charge in [0.15, 0.2) is 15.0 Å². The third kappa shape index (κ3) is 4.91. The molecule has 1 fully saturated rings. The Hall–Kier alpha value is -2.59. The lowest BCUT2D eigenvalue weighted by Gasteiger charge is -2.15. The molecule has 0 radical (unpaired) electrons. The van der Waals surface area contributed by atoms with Crippen LogP contribution in [0, 0.1) is 6.92 Å². The van der Waals surface area contributed by atoms with E-state index in [4.69, 9.17) is 0 Å². The molecule has 1 aromatic carbocycles. The van der Waals surface area contributed by atoms with Crippen molar-refractivity contribution in [3.8, 4) is 5.69 Å². The maximum atomic E-state index is 12.7. The van der Waals surface area contributed by atoms with E-state index in [2.05, 4.69) is 41.4 Å². The van der Waals surface area contributed by atoms with Gasteiger partial charge in [-0.15, -0.1) is 0 Å². The number of imidazole rings is 1. The Bertz CT molecular complexity index is 1230. The predicted molar refractivity (Wildman–Crippen MR) is 126 cm³/mol. The van der Waals surface area contributed by atoms with Gasteiger partial charge in [0, 0.05) is 18.5 Å². The first-order chi connectivity index (χ1) is 15.2. The SMILES string of the molecule is Cc1cc(NC(=O)CSc2nccn2-c2ccccc2C(C)C)n([C@H]2CCS(=O)(=O)C2)n1. The molecule has 1 amide bonds. The Morgan fingerprint density at radius 2 is 2.09 bits per heavy atom. The number of sulfone groups is 1. The highest BCUT2D eigenvalue weighted by molar-refractivity contribution is 7.99. The number of carbonyl (C=O) groups excluding carboxylic acids is 1. The molecule has 1 aliphatic heterocycles. The Kier molecular flexibility index (Phi) is 6.43. The normalized spacial score (nSPS) is 17.7. The minimum absolute atomic E-state index is 0.0540. The van der Waals surface area contributed by atoms with Gasteiger partial charge < -0.3 is 5.32 Å². The van der Waals surface area contributed by atoms with E-state index >= 15 is 0 Å². The van der Waals surface area contributed by atoms with Gasteiger partial charge in [-0.2, -0.15) is 5.10 Å². The number of para-hydroxylation sites is 1. The summed E-state index contributed by atoms with van der Waals surface area (Å²) in [5.74, 6) is 1.08. The molecular formula is C22H27N5O3S2. The van der Waals surface area contributed by atoms with E-state index in [1.165, 1.54) is 17.3 Å². The molecule has 0 saturated carbocycles. The van der Waals surface area contributed by atoms with Crippen LogP contribution in [0.5, 0.6) is 0 Å². The van der Waals surface area contributed by atoms with Gasteiger partial charge in [0.05, 0.1) is 34.7 Å². The van der Waals surface area contributed by atoms with Crippen LogP contribution in [0.3, 0.4) is 0 Å². The largest absolute Gasteiger partial charge is 0.310 e. The molecule has 32 heavy (non-hydrogen) atoms. The number of rotatable bonds is 7. The van der Waals surface area contributed by atoms with Gasteiger partial charge in [0.2, 0.25) is 5.91 Å². The number of thioether (sulfide) groups is 1. The van der Waals surface area contributed by atoms with Crippen molar-refractivity contribution in [3.05, 3.63) is 54.0 Å². The number of benzene rings is 1. The molecule has 0 spiro atoms. The van der Waals surface area contributed by atoms with Crippen molar-refractivity contribution < 1.29 is 13.2 Å². The fourth-order valence-corrected chi connectivity index (χ4v) is 6.40. The molecule has 0 unspecified atom stereocenters. The van der Waals surface area contributed by atoms with Crippen LogP contribution in [0.25, 0.3) is 5.69 Å². The molecule has 1 atom stereocenters. The molecule has 1 aliphatic rings. The summed E-state index contributed by atoms with van der Waals surface area (Å²) in [5.41, 5.74) is 3.00. The lowest BCUT2D eigenvalue weighted by atomic mass is 10.0. The standard InChI is InChI=1S/C22H27N5O3S2/c1-15(2)18-6-4-5-7-19(18)26-10-9-23-22(26)31-13-21(28)24-20-12-16(3)25-27(20)17-8-11-32(29,30)14-17/h4-7,9-10,12,15,17H,8,11,13-14H2,1-3H3,(H,24,28)/t17-/m0/s1. The van der Waals surface area contributed by atoms with E-state index in [1.54, 1.807) is 16.9 Å². The number of carbonyl (C=O) groups is 1. The van der Waals surface area contributed by atoms with Crippen LogP contribution in [-0.4, -0.2) is 50.9 Å². The zero-order chi connectivity index (χ0) is 22.9. The quantitative estimate of drug-likeness (QED) is 0.527. The minimum atomic E-state index is -3.05. The van der Waals surface area contributed by atoms with Crippen molar-refractivity contribution in [2.24, 2.45) is 0 Å². The number of aromatic nitrogens is 4. The van der Waals surface area contributed by atoms with Crippen molar-refractivity contribution in [3.63, 3.8) is 0 Å². The number of hydrogen-bond donors (Lipinski definition) is 1. The zero-order valence-corrected chi connectivity index (χ0v) is 20.0. The number of anilines is 1. The summed E-state index contributed by atoms with van der Waals surface area (Å²) in [5, 5.41) is 8.05. The first-order valence-corrected chi connectivity index (χ1v) is 13.4. The molecular weight excluding hydrogens is 446 g/mol. The Morgan fingerprint density at radius 3 is 2.81 bits per heavy atom. The summed E-state index contributed by atoms with van der Waals surface area (Å²) >= 11 is 1.36. The minimum Gasteiger partial charge on any atom is -0.310 e. The Balaban J connectivity index is 1.46. The highest BCUT2D eigenvalue weighted by Gasteiger charge is 2.31. The highest BCUT2D eigenvalue weighted by Crippen LogP contribution is 2.29. The molecule has 0 bridgehead atoms. The van der Waals surface area contributed by atoms with Gasteiger partial charge >= 0.3 is 0 Å². The van der Waals surface area contributed by atoms with Gasteiger partial charge in [-0.3, -0.25) is 9.36 Å². The average molecular weight is 474 g/mol. The van der Waals surface area contributed by atoms with Crippen LogP contribution in [0.4, 0.5) is 5.82 Å². The van der Waals surface area contributed by atoms with E-state index in [0.717, 1.165) is 16.5 Å². The van der Waals surface area contributed by atoms with E-state index < -0.39 is 9.84 Å². The van der Waals surface area contributed by atoms with Gasteiger partial charge in [-0.25, -0.2) is 18.1 Å². The number of aryl methyl sites for hydroxylation is 1. The van der Waals surface area contributed by atoms with Crippen LogP contribution in [0.15, 0.2) is 47.9 Å². The fraction of sp³-hybridized carbons (Fsp3) is 0.409. The first kappa shape index (κ1) is 22.6. The fourth-order valence-electron chi connectivity index (χ4n) is 3.94. The van der Waals surface area contributed by atoms with E-state index in [9.17, 15) is 13.2 Å². The second-order valence-electron chi connectivity index (χ2n) is 8.30. The second-order valence-corrected chi connectivity index (χ2v) is 11.5. The molecule has 8 nitrogen and oxygen atoms in total. The molecule has 1 N–H and O–H groups in total. The average Bonchev–Trinajstić information content (AvgIpc) is 3.44. The molecule has 1 saturated heterocycles. The van der Waals surface area contributed by atoms with Gasteiger partial charge in [-0.05, 0) is 30.9 Å². The van der Waals surface area contributed by atoms with E-state index in [1.807, 2.05) is 29.8 Å². The molecule has 2 aromatic heterocycles. The Labute approximate surface area is 192 Å². The molecule has 10 heteroatoms. The van der Waals surface area contributed by atoms with Crippen molar-refractivity contribution in [2.75, 3.05) is 22.6 Å². The number of hydrogen-bond acceptors (Lipinski definition) is 6. The number of amides is 1. The van der Waals surface area contributed by atoms with Gasteiger partial charge in [-0.1, -0.05) is 43.8 Å². The molecule has 4 rings (SSSR count). The van der Waals surface area contributed by atoms with Crippen molar-refractivity contribution in [1.29, 1.82) is 0 Å². The predicted octanol–water partition coefficient (Wildman–Crippen LogP) is 3.59. The molecule has 0 aliphatic carbocycles. The van der Waals surface area contributed by atoms with Crippen LogP contribution in [0.2, 0.25) is 0 Å². The third-order valence-corrected chi connectivity index (χ3v) is 8.15. The van der Waals surface area contributed by atoms with Crippen molar-refractivity contribution in [2.45, 2.75) is 44.3 Å². The first-order valence-electron chi connectivity index (χ1n) is 10.6. The van der Waals surface area contributed by atoms with E-state index in [0.29, 0.717) is 18.2 Å². The maximum absolute atomic E-state index is 12.7. The van der Waals surface area contributed by atoms with Crippen molar-refractivity contribution >= 4 is 33.3 Å². The highest BCUT2D eigenvalue weighted by atomic mass is 32.2. The maximum Gasteiger partial charge on any atom is 0.235 e. The van der Waals surface area contributed by atoms with Gasteiger partial charge in [0.25, 0.3) is 0 Å². The number of nitrogens with one attached hydrogen (secondary N) is 1. The molecule has 3 aromatic rings. The third-order valence-electron chi connectivity index (χ3n) is 5.44. The topological polar surface area (TPSA) is 98.9 Å². The number of nitrogens with zero attached hydrogens (tertiary/aromatic N) is 4. The summed E-state index contributed by atoms with van der Waals surface area (Å²) in [4.78, 5) is 17.1. The Morgan fingerprint density at radius 1 is 1.31 bits per heavy atom. The van der Waals surface area contributed by atoms with Crippen LogP contribution in [0.1, 0.15) is 43.5 Å². The molecule has 3 heterocycles. The lowest BCUT2D eigenvalue weighted by Crippen LogP contribution is -2.20. The second kappa shape index (κ2) is 9.11. The zero-order valence-electron chi connectivity index (χ0n) is 18.4. The monoisotopic (exact) mass is 473 g/mol. The lowest BCUT2D eigenvalue weighted by molar-refractivity contribution is -0.113. The summed E-state index contributed by atoms with van der Waals surface area (Å²) in [7, 11) is -3.05. The van der Waals surface area contributed by atoms with Crippen LogP contribution < -0.4 is 5.32 Å². The van der Waals surface area contributed by atoms with Crippen LogP contribution >= 0.6 is 11.8 Å². The summed E-state index contributed by atoms with van der Waals surface area (Å²) in [6, 6.07) is 9.70. The smallest absolute Gasteiger partial charge is 0.235 e. The summed E-state index contributed by atoms with van der Waals surface area (Å²) in [6.45, 7) is 6.13. The van der Waals surface area contributed by atoms with Gasteiger partial charge in [0.1, 0.15) is 5.82 Å². The van der Waals surface area contributed by atoms with E-state index in [-0.39, 0.29) is 29.2 Å².